The third-order valence-corrected chi connectivity index (χ3v) is 4.57. The van der Waals surface area contributed by atoms with Crippen molar-refractivity contribution < 1.29 is 15.3 Å². The van der Waals surface area contributed by atoms with Crippen molar-refractivity contribution in [3.8, 4) is 17.2 Å². The summed E-state index contributed by atoms with van der Waals surface area (Å²) in [6.45, 7) is 0. The summed E-state index contributed by atoms with van der Waals surface area (Å²) in [5.41, 5.74) is 2.29. The van der Waals surface area contributed by atoms with E-state index in [0.717, 1.165) is 37.7 Å². The Morgan fingerprint density at radius 3 is 2.21 bits per heavy atom. The molecule has 0 saturated carbocycles. The Hall–Kier alpha value is -1.72. The number of halogens is 1. The molecule has 2 aromatic rings. The fourth-order valence-electron chi connectivity index (χ4n) is 3.28. The zero-order chi connectivity index (χ0) is 16.2. The van der Waals surface area contributed by atoms with Gasteiger partial charge in [0, 0.05) is 12.1 Å². The third-order valence-electron chi connectivity index (χ3n) is 4.57. The normalized spacial score (nSPS) is 19.8. The quantitative estimate of drug-likeness (QED) is 0.584. The van der Waals surface area contributed by atoms with E-state index in [1.54, 1.807) is 24.3 Å². The molecule has 0 bridgehead atoms. The Kier molecular flexibility index (Phi) is 6.52. The van der Waals surface area contributed by atoms with Gasteiger partial charge in [0.25, 0.3) is 0 Å². The highest BCUT2D eigenvalue weighted by molar-refractivity contribution is 8.93. The maximum absolute atomic E-state index is 9.57. The minimum Gasteiger partial charge on any atom is -0.508 e. The van der Waals surface area contributed by atoms with Crippen molar-refractivity contribution in [3.63, 3.8) is 0 Å². The Balaban J connectivity index is 0.00000208. The van der Waals surface area contributed by atoms with E-state index in [1.165, 1.54) is 5.56 Å². The molecule has 1 aliphatic heterocycles. The lowest BCUT2D eigenvalue weighted by Gasteiger charge is -2.15. The Morgan fingerprint density at radius 1 is 0.833 bits per heavy atom. The molecule has 1 fully saturated rings. The molecule has 4 nitrogen and oxygen atoms in total. The van der Waals surface area contributed by atoms with Gasteiger partial charge >= 0.3 is 0 Å². The summed E-state index contributed by atoms with van der Waals surface area (Å²) >= 11 is 0. The largest absolute Gasteiger partial charge is 0.508 e. The van der Waals surface area contributed by atoms with E-state index >= 15 is 0 Å². The van der Waals surface area contributed by atoms with Crippen LogP contribution in [-0.4, -0.2) is 27.4 Å². The molecular formula is C19H24BrNO3. The van der Waals surface area contributed by atoms with E-state index in [0.29, 0.717) is 17.8 Å². The summed E-state index contributed by atoms with van der Waals surface area (Å²) in [6.07, 6.45) is 5.24. The summed E-state index contributed by atoms with van der Waals surface area (Å²) in [5, 5.41) is 31.9. The van der Waals surface area contributed by atoms with Crippen molar-refractivity contribution in [2.75, 3.05) is 0 Å². The van der Waals surface area contributed by atoms with Gasteiger partial charge in [0.15, 0.2) is 11.5 Å². The number of hydrogen-bond acceptors (Lipinski definition) is 4. The van der Waals surface area contributed by atoms with Gasteiger partial charge < -0.3 is 20.6 Å². The Morgan fingerprint density at radius 2 is 1.50 bits per heavy atom. The van der Waals surface area contributed by atoms with Crippen molar-refractivity contribution in [2.45, 2.75) is 44.2 Å². The van der Waals surface area contributed by atoms with Crippen LogP contribution in [0.4, 0.5) is 0 Å². The first-order valence-electron chi connectivity index (χ1n) is 8.15. The number of aryl methyl sites for hydroxylation is 1. The van der Waals surface area contributed by atoms with Crippen molar-refractivity contribution in [2.24, 2.45) is 0 Å². The van der Waals surface area contributed by atoms with Crippen LogP contribution in [0.15, 0.2) is 42.5 Å². The predicted molar refractivity (Wildman–Crippen MR) is 100 cm³/mol. The van der Waals surface area contributed by atoms with Gasteiger partial charge in [-0.15, -0.1) is 17.0 Å². The number of nitrogens with one attached hydrogen (secondary N) is 1. The average molecular weight is 394 g/mol. The van der Waals surface area contributed by atoms with Gasteiger partial charge in [0.2, 0.25) is 0 Å². The minimum atomic E-state index is -0.0695. The molecule has 1 saturated heterocycles. The van der Waals surface area contributed by atoms with Crippen LogP contribution in [0.3, 0.4) is 0 Å². The fourth-order valence-corrected chi connectivity index (χ4v) is 3.28. The van der Waals surface area contributed by atoms with E-state index in [2.05, 4.69) is 5.32 Å². The van der Waals surface area contributed by atoms with Gasteiger partial charge in [0.05, 0.1) is 0 Å². The van der Waals surface area contributed by atoms with E-state index < -0.39 is 0 Å². The lowest BCUT2D eigenvalue weighted by Crippen LogP contribution is -2.31. The molecule has 1 aliphatic rings. The van der Waals surface area contributed by atoms with Crippen LogP contribution in [0.25, 0.3) is 0 Å². The third kappa shape index (κ3) is 4.89. The highest BCUT2D eigenvalue weighted by Gasteiger charge is 2.23. The first-order valence-corrected chi connectivity index (χ1v) is 8.15. The minimum absolute atomic E-state index is 0. The van der Waals surface area contributed by atoms with Crippen molar-refractivity contribution in [3.05, 3.63) is 53.6 Å². The molecule has 1 heterocycles. The van der Waals surface area contributed by atoms with Crippen molar-refractivity contribution in [1.29, 1.82) is 0 Å². The summed E-state index contributed by atoms with van der Waals surface area (Å²) in [5.74, 6) is 0.189. The number of benzene rings is 2. The zero-order valence-electron chi connectivity index (χ0n) is 13.5. The maximum atomic E-state index is 9.57. The van der Waals surface area contributed by atoms with Crippen LogP contribution < -0.4 is 5.32 Å². The summed E-state index contributed by atoms with van der Waals surface area (Å²) in [4.78, 5) is 0. The second-order valence-corrected chi connectivity index (χ2v) is 6.37. The van der Waals surface area contributed by atoms with E-state index in [9.17, 15) is 15.3 Å². The van der Waals surface area contributed by atoms with E-state index in [1.807, 2.05) is 18.2 Å². The smallest absolute Gasteiger partial charge is 0.157 e. The first kappa shape index (κ1) is 18.6. The number of phenolic OH excluding ortho intramolecular Hbond substituents is 3. The van der Waals surface area contributed by atoms with Gasteiger partial charge in [-0.3, -0.25) is 0 Å². The highest BCUT2D eigenvalue weighted by Crippen LogP contribution is 2.27. The number of rotatable bonds is 5. The lowest BCUT2D eigenvalue weighted by molar-refractivity contribution is 0.402. The first-order chi connectivity index (χ1) is 11.1. The van der Waals surface area contributed by atoms with E-state index in [4.69, 9.17) is 0 Å². The van der Waals surface area contributed by atoms with E-state index in [-0.39, 0.29) is 28.5 Å². The van der Waals surface area contributed by atoms with Crippen LogP contribution >= 0.6 is 17.0 Å². The molecule has 3 rings (SSSR count). The molecule has 24 heavy (non-hydrogen) atoms. The molecule has 0 amide bonds. The zero-order valence-corrected chi connectivity index (χ0v) is 15.2. The molecular weight excluding hydrogens is 370 g/mol. The molecule has 2 atom stereocenters. The van der Waals surface area contributed by atoms with Crippen LogP contribution in [0.1, 0.15) is 30.4 Å². The highest BCUT2D eigenvalue weighted by atomic mass is 79.9. The molecule has 130 valence electrons. The van der Waals surface area contributed by atoms with Crippen LogP contribution in [0.5, 0.6) is 17.2 Å². The molecule has 0 aliphatic carbocycles. The van der Waals surface area contributed by atoms with Gasteiger partial charge in [-0.2, -0.15) is 0 Å². The van der Waals surface area contributed by atoms with Gasteiger partial charge in [-0.1, -0.05) is 18.2 Å². The van der Waals surface area contributed by atoms with Crippen molar-refractivity contribution in [1.82, 2.24) is 5.32 Å². The van der Waals surface area contributed by atoms with Crippen molar-refractivity contribution >= 4 is 17.0 Å². The topological polar surface area (TPSA) is 72.7 Å². The number of aromatic hydroxyl groups is 3. The van der Waals surface area contributed by atoms with Gasteiger partial charge in [-0.05, 0) is 67.5 Å². The summed E-state index contributed by atoms with van der Waals surface area (Å²) in [7, 11) is 0. The lowest BCUT2D eigenvalue weighted by atomic mass is 10.0. The number of hydrogen-bond donors (Lipinski definition) is 4. The molecule has 2 aromatic carbocycles. The standard InChI is InChI=1S/C19H23NO3.BrH/c21-17-8-2-13(3-9-17)1-5-15-6-7-16(20-15)11-14-4-10-18(22)19(23)12-14;/h2-4,8-10,12,15-16,20-23H,1,5-7,11H2;1H/t15-,16+;/m0./s1. The van der Waals surface area contributed by atoms with Crippen LogP contribution in [-0.2, 0) is 12.8 Å². The molecule has 0 aromatic heterocycles. The monoisotopic (exact) mass is 393 g/mol. The average Bonchev–Trinajstić information content (AvgIpc) is 2.98. The second-order valence-electron chi connectivity index (χ2n) is 6.37. The second kappa shape index (κ2) is 8.40. The molecule has 0 unspecified atom stereocenters. The number of phenols is 3. The Bertz CT molecular complexity index is 660. The molecule has 4 N–H and O–H groups in total. The molecule has 0 radical (unpaired) electrons. The predicted octanol–water partition coefficient (Wildman–Crippen LogP) is 3.68. The van der Waals surface area contributed by atoms with Crippen LogP contribution in [0.2, 0.25) is 0 Å². The van der Waals surface area contributed by atoms with Crippen LogP contribution in [0, 0.1) is 0 Å². The van der Waals surface area contributed by atoms with Gasteiger partial charge in [-0.25, -0.2) is 0 Å². The summed E-state index contributed by atoms with van der Waals surface area (Å²) in [6, 6.07) is 13.4. The van der Waals surface area contributed by atoms with Gasteiger partial charge in [0.1, 0.15) is 5.75 Å². The molecule has 5 heteroatoms. The molecule has 0 spiro atoms. The maximum Gasteiger partial charge on any atom is 0.157 e. The SMILES string of the molecule is Br.Oc1ccc(CC[C@H]2CC[C@H](Cc3ccc(O)c(O)c3)N2)cc1. The summed E-state index contributed by atoms with van der Waals surface area (Å²) < 4.78 is 0. The Labute approximate surface area is 152 Å². The fraction of sp³-hybridized carbons (Fsp3) is 0.368.